The summed E-state index contributed by atoms with van der Waals surface area (Å²) < 4.78 is 13.4. The molecule has 4 nitrogen and oxygen atoms in total. The molecule has 0 saturated heterocycles. The highest BCUT2D eigenvalue weighted by Crippen LogP contribution is 2.11. The van der Waals surface area contributed by atoms with Crippen molar-refractivity contribution >= 4 is 23.6 Å². The minimum atomic E-state index is -0.535. The highest BCUT2D eigenvalue weighted by Gasteiger charge is 2.02. The zero-order valence-electron chi connectivity index (χ0n) is 11.0. The van der Waals surface area contributed by atoms with Crippen LogP contribution in [0.1, 0.15) is 15.9 Å². The molecule has 5 heteroatoms. The van der Waals surface area contributed by atoms with E-state index in [-0.39, 0.29) is 0 Å². The van der Waals surface area contributed by atoms with Crippen LogP contribution in [0, 0.1) is 5.82 Å². The molecule has 106 valence electrons. The molecule has 0 aromatic heterocycles. The molecule has 0 saturated carbocycles. The SMILES string of the molecule is NC(=O)c1ccc(NC(=O)/C=C/c2ccccc2F)cc1. The van der Waals surface area contributed by atoms with Crippen LogP contribution in [0.15, 0.2) is 54.6 Å². The molecule has 2 aromatic carbocycles. The molecule has 0 fully saturated rings. The molecule has 0 unspecified atom stereocenters. The molecule has 3 N–H and O–H groups in total. The van der Waals surface area contributed by atoms with Gasteiger partial charge < -0.3 is 11.1 Å². The first-order valence-electron chi connectivity index (χ1n) is 6.20. The molecule has 2 rings (SSSR count). The Morgan fingerprint density at radius 3 is 2.33 bits per heavy atom. The number of halogens is 1. The van der Waals surface area contributed by atoms with Gasteiger partial charge in [-0.25, -0.2) is 4.39 Å². The molecule has 0 atom stereocenters. The first-order valence-corrected chi connectivity index (χ1v) is 6.20. The molecule has 0 radical (unpaired) electrons. The average molecular weight is 284 g/mol. The van der Waals surface area contributed by atoms with E-state index in [1.165, 1.54) is 30.4 Å². The largest absolute Gasteiger partial charge is 0.366 e. The molecule has 0 bridgehead atoms. The monoisotopic (exact) mass is 284 g/mol. The van der Waals surface area contributed by atoms with Gasteiger partial charge in [0, 0.05) is 22.9 Å². The van der Waals surface area contributed by atoms with Gasteiger partial charge in [0.15, 0.2) is 0 Å². The molecule has 21 heavy (non-hydrogen) atoms. The minimum absolute atomic E-state index is 0.330. The van der Waals surface area contributed by atoms with E-state index in [4.69, 9.17) is 5.73 Å². The third-order valence-electron chi connectivity index (χ3n) is 2.76. The number of hydrogen-bond donors (Lipinski definition) is 2. The van der Waals surface area contributed by atoms with E-state index in [1.807, 2.05) is 0 Å². The van der Waals surface area contributed by atoms with Gasteiger partial charge in [-0.1, -0.05) is 18.2 Å². The molecular formula is C16H13FN2O2. The fraction of sp³-hybridized carbons (Fsp3) is 0. The Bertz CT molecular complexity index is 694. The number of nitrogens with one attached hydrogen (secondary N) is 1. The van der Waals surface area contributed by atoms with Gasteiger partial charge in [-0.3, -0.25) is 9.59 Å². The molecule has 0 heterocycles. The van der Waals surface area contributed by atoms with E-state index in [0.717, 1.165) is 0 Å². The van der Waals surface area contributed by atoms with Gasteiger partial charge in [0.2, 0.25) is 11.8 Å². The lowest BCUT2D eigenvalue weighted by atomic mass is 10.2. The lowest BCUT2D eigenvalue weighted by Gasteiger charge is -2.03. The van der Waals surface area contributed by atoms with Crippen LogP contribution >= 0.6 is 0 Å². The lowest BCUT2D eigenvalue weighted by Crippen LogP contribution is -2.11. The predicted molar refractivity (Wildman–Crippen MR) is 79.0 cm³/mol. The Morgan fingerprint density at radius 1 is 1.05 bits per heavy atom. The summed E-state index contributed by atoms with van der Waals surface area (Å²) in [6.45, 7) is 0. The van der Waals surface area contributed by atoms with Crippen molar-refractivity contribution in [1.82, 2.24) is 0 Å². The quantitative estimate of drug-likeness (QED) is 0.847. The molecule has 0 spiro atoms. The van der Waals surface area contributed by atoms with Crippen molar-refractivity contribution in [3.63, 3.8) is 0 Å². The summed E-state index contributed by atoms with van der Waals surface area (Å²) in [7, 11) is 0. The van der Waals surface area contributed by atoms with Gasteiger partial charge in [-0.2, -0.15) is 0 Å². The predicted octanol–water partition coefficient (Wildman–Crippen LogP) is 2.58. The van der Waals surface area contributed by atoms with E-state index < -0.39 is 17.6 Å². The highest BCUT2D eigenvalue weighted by molar-refractivity contribution is 6.02. The Balaban J connectivity index is 2.02. The van der Waals surface area contributed by atoms with Gasteiger partial charge in [-0.05, 0) is 36.4 Å². The molecule has 2 aromatic rings. The lowest BCUT2D eigenvalue weighted by molar-refractivity contribution is -0.111. The molecular weight excluding hydrogens is 271 g/mol. The average Bonchev–Trinajstić information content (AvgIpc) is 2.47. The van der Waals surface area contributed by atoms with E-state index in [2.05, 4.69) is 5.32 Å². The summed E-state index contributed by atoms with van der Waals surface area (Å²) in [5.74, 6) is -1.33. The minimum Gasteiger partial charge on any atom is -0.366 e. The third-order valence-corrected chi connectivity index (χ3v) is 2.76. The summed E-state index contributed by atoms with van der Waals surface area (Å²) >= 11 is 0. The smallest absolute Gasteiger partial charge is 0.248 e. The maximum atomic E-state index is 13.4. The molecule has 0 aliphatic carbocycles. The molecule has 2 amide bonds. The summed E-state index contributed by atoms with van der Waals surface area (Å²) in [6, 6.07) is 12.3. The number of nitrogens with two attached hydrogens (primary N) is 1. The number of carbonyl (C=O) groups excluding carboxylic acids is 2. The van der Waals surface area contributed by atoms with Gasteiger partial charge in [0.25, 0.3) is 0 Å². The highest BCUT2D eigenvalue weighted by atomic mass is 19.1. The van der Waals surface area contributed by atoms with E-state index in [0.29, 0.717) is 16.8 Å². The summed E-state index contributed by atoms with van der Waals surface area (Å²) in [5.41, 5.74) is 6.32. The molecule has 0 aliphatic heterocycles. The Kier molecular flexibility index (Phi) is 4.46. The zero-order chi connectivity index (χ0) is 15.2. The Morgan fingerprint density at radius 2 is 1.71 bits per heavy atom. The summed E-state index contributed by atoms with van der Waals surface area (Å²) in [4.78, 5) is 22.6. The standard InChI is InChI=1S/C16H13FN2O2/c17-14-4-2-1-3-11(14)7-10-15(20)19-13-8-5-12(6-9-13)16(18)21/h1-10H,(H2,18,21)(H,19,20)/b10-7+. The van der Waals surface area contributed by atoms with Gasteiger partial charge >= 0.3 is 0 Å². The number of rotatable bonds is 4. The number of amides is 2. The van der Waals surface area contributed by atoms with Crippen LogP contribution in [0.5, 0.6) is 0 Å². The number of anilines is 1. The number of primary amides is 1. The molecule has 0 aliphatic rings. The van der Waals surface area contributed by atoms with Gasteiger partial charge in [0.1, 0.15) is 5.82 Å². The van der Waals surface area contributed by atoms with Crippen LogP contribution in [0.4, 0.5) is 10.1 Å². The number of hydrogen-bond acceptors (Lipinski definition) is 2. The van der Waals surface area contributed by atoms with Gasteiger partial charge in [-0.15, -0.1) is 0 Å². The van der Waals surface area contributed by atoms with Crippen LogP contribution in [-0.4, -0.2) is 11.8 Å². The second-order valence-corrected chi connectivity index (χ2v) is 4.29. The maximum Gasteiger partial charge on any atom is 0.248 e. The van der Waals surface area contributed by atoms with Crippen LogP contribution in [0.3, 0.4) is 0 Å². The van der Waals surface area contributed by atoms with Crippen molar-refractivity contribution in [2.75, 3.05) is 5.32 Å². The first-order chi connectivity index (χ1) is 10.1. The van der Waals surface area contributed by atoms with Crippen LogP contribution in [-0.2, 0) is 4.79 Å². The maximum absolute atomic E-state index is 13.4. The topological polar surface area (TPSA) is 72.2 Å². The fourth-order valence-electron chi connectivity index (χ4n) is 1.68. The van der Waals surface area contributed by atoms with Crippen LogP contribution in [0.2, 0.25) is 0 Å². The first kappa shape index (κ1) is 14.5. The summed E-state index contributed by atoms with van der Waals surface area (Å²) in [5, 5.41) is 2.60. The Hall–Kier alpha value is -2.95. The normalized spacial score (nSPS) is 10.5. The van der Waals surface area contributed by atoms with Crippen molar-refractivity contribution in [1.29, 1.82) is 0 Å². The zero-order valence-corrected chi connectivity index (χ0v) is 11.0. The van der Waals surface area contributed by atoms with E-state index in [9.17, 15) is 14.0 Å². The van der Waals surface area contributed by atoms with E-state index in [1.54, 1.807) is 30.3 Å². The Labute approximate surface area is 121 Å². The van der Waals surface area contributed by atoms with Crippen molar-refractivity contribution < 1.29 is 14.0 Å². The summed E-state index contributed by atoms with van der Waals surface area (Å²) in [6.07, 6.45) is 2.63. The second-order valence-electron chi connectivity index (χ2n) is 4.29. The van der Waals surface area contributed by atoms with Crippen LogP contribution < -0.4 is 11.1 Å². The van der Waals surface area contributed by atoms with Gasteiger partial charge in [0.05, 0.1) is 0 Å². The third kappa shape index (κ3) is 4.01. The van der Waals surface area contributed by atoms with Crippen molar-refractivity contribution in [3.8, 4) is 0 Å². The number of benzene rings is 2. The van der Waals surface area contributed by atoms with Crippen molar-refractivity contribution in [3.05, 3.63) is 71.6 Å². The second kappa shape index (κ2) is 6.47. The van der Waals surface area contributed by atoms with Crippen molar-refractivity contribution in [2.24, 2.45) is 5.73 Å². The van der Waals surface area contributed by atoms with E-state index >= 15 is 0 Å². The van der Waals surface area contributed by atoms with Crippen LogP contribution in [0.25, 0.3) is 6.08 Å². The number of carbonyl (C=O) groups is 2. The fourth-order valence-corrected chi connectivity index (χ4v) is 1.68. The van der Waals surface area contributed by atoms with Crippen molar-refractivity contribution in [2.45, 2.75) is 0 Å².